The molecule has 2 heterocycles. The van der Waals surface area contributed by atoms with Crippen molar-refractivity contribution in [2.75, 3.05) is 6.61 Å². The van der Waals surface area contributed by atoms with Gasteiger partial charge < -0.3 is 9.15 Å². The predicted molar refractivity (Wildman–Crippen MR) is 85.5 cm³/mol. The third-order valence-corrected chi connectivity index (χ3v) is 3.43. The van der Waals surface area contributed by atoms with Crippen LogP contribution in [0.4, 0.5) is 0 Å². The molecule has 0 aliphatic heterocycles. The molecule has 2 rings (SSSR count). The molecule has 0 aliphatic rings. The van der Waals surface area contributed by atoms with Gasteiger partial charge in [-0.3, -0.25) is 9.36 Å². The average Bonchev–Trinajstić information content (AvgIpc) is 2.99. The summed E-state index contributed by atoms with van der Waals surface area (Å²) in [5.41, 5.74) is 0.979. The van der Waals surface area contributed by atoms with Crippen LogP contribution >= 0.6 is 0 Å². The SMILES string of the molecule is CCOC(=O)c1nc(C)c(CC(C)C)c(=O)n1Cc1ccco1. The summed E-state index contributed by atoms with van der Waals surface area (Å²) in [5.74, 6) is 0.307. The van der Waals surface area contributed by atoms with Gasteiger partial charge in [0, 0.05) is 11.3 Å². The molecule has 0 radical (unpaired) electrons. The van der Waals surface area contributed by atoms with Gasteiger partial charge in [0.05, 0.1) is 19.4 Å². The van der Waals surface area contributed by atoms with E-state index in [1.165, 1.54) is 10.8 Å². The van der Waals surface area contributed by atoms with Crippen LogP contribution in [-0.4, -0.2) is 22.1 Å². The van der Waals surface area contributed by atoms with Crippen LogP contribution in [0.2, 0.25) is 0 Å². The fraction of sp³-hybridized carbons (Fsp3) is 0.471. The van der Waals surface area contributed by atoms with Crippen LogP contribution in [-0.2, 0) is 17.7 Å². The van der Waals surface area contributed by atoms with Gasteiger partial charge in [-0.05, 0) is 38.3 Å². The van der Waals surface area contributed by atoms with Crippen molar-refractivity contribution >= 4 is 5.97 Å². The number of hydrogen-bond acceptors (Lipinski definition) is 5. The second-order valence-electron chi connectivity index (χ2n) is 5.79. The number of ether oxygens (including phenoxy) is 1. The molecule has 0 fully saturated rings. The largest absolute Gasteiger partial charge is 0.467 e. The maximum Gasteiger partial charge on any atom is 0.374 e. The van der Waals surface area contributed by atoms with Crippen LogP contribution in [0.3, 0.4) is 0 Å². The van der Waals surface area contributed by atoms with E-state index in [0.717, 1.165) is 0 Å². The topological polar surface area (TPSA) is 74.3 Å². The van der Waals surface area contributed by atoms with E-state index in [4.69, 9.17) is 9.15 Å². The summed E-state index contributed by atoms with van der Waals surface area (Å²) >= 11 is 0. The first-order valence-corrected chi connectivity index (χ1v) is 7.73. The molecule has 0 aromatic carbocycles. The summed E-state index contributed by atoms with van der Waals surface area (Å²) in [6.45, 7) is 7.91. The molecule has 0 saturated carbocycles. The average molecular weight is 318 g/mol. The van der Waals surface area contributed by atoms with E-state index >= 15 is 0 Å². The van der Waals surface area contributed by atoms with E-state index in [1.807, 2.05) is 13.8 Å². The van der Waals surface area contributed by atoms with Gasteiger partial charge in [0.25, 0.3) is 5.56 Å². The lowest BCUT2D eigenvalue weighted by Crippen LogP contribution is -2.33. The smallest absolute Gasteiger partial charge is 0.374 e. The van der Waals surface area contributed by atoms with Gasteiger partial charge in [-0.25, -0.2) is 9.78 Å². The Bertz CT molecular complexity index is 730. The van der Waals surface area contributed by atoms with Gasteiger partial charge in [-0.1, -0.05) is 13.8 Å². The molecule has 0 spiro atoms. The first kappa shape index (κ1) is 17.0. The van der Waals surface area contributed by atoms with Crippen LogP contribution < -0.4 is 5.56 Å². The van der Waals surface area contributed by atoms with Crippen LogP contribution in [0.1, 0.15) is 48.4 Å². The minimum Gasteiger partial charge on any atom is -0.467 e. The molecule has 0 saturated heterocycles. The minimum absolute atomic E-state index is 0.0123. The van der Waals surface area contributed by atoms with Gasteiger partial charge in [-0.15, -0.1) is 0 Å². The van der Waals surface area contributed by atoms with Crippen molar-refractivity contribution in [2.45, 2.75) is 40.7 Å². The molecule has 0 amide bonds. The van der Waals surface area contributed by atoms with E-state index in [9.17, 15) is 9.59 Å². The Labute approximate surface area is 135 Å². The number of aryl methyl sites for hydroxylation is 1. The first-order valence-electron chi connectivity index (χ1n) is 7.73. The Morgan fingerprint density at radius 2 is 2.17 bits per heavy atom. The fourth-order valence-corrected chi connectivity index (χ4v) is 2.40. The maximum absolute atomic E-state index is 12.9. The van der Waals surface area contributed by atoms with Crippen molar-refractivity contribution in [3.8, 4) is 0 Å². The minimum atomic E-state index is -0.602. The quantitative estimate of drug-likeness (QED) is 0.765. The Morgan fingerprint density at radius 1 is 1.43 bits per heavy atom. The van der Waals surface area contributed by atoms with Gasteiger partial charge >= 0.3 is 5.97 Å². The lowest BCUT2D eigenvalue weighted by atomic mass is 10.0. The highest BCUT2D eigenvalue weighted by Crippen LogP contribution is 2.11. The molecule has 2 aromatic heterocycles. The summed E-state index contributed by atoms with van der Waals surface area (Å²) in [4.78, 5) is 29.3. The Morgan fingerprint density at radius 3 is 2.74 bits per heavy atom. The third-order valence-electron chi connectivity index (χ3n) is 3.43. The Kier molecular flexibility index (Phi) is 5.36. The summed E-state index contributed by atoms with van der Waals surface area (Å²) < 4.78 is 11.7. The number of aromatic nitrogens is 2. The van der Waals surface area contributed by atoms with E-state index in [2.05, 4.69) is 4.98 Å². The zero-order valence-corrected chi connectivity index (χ0v) is 14.0. The molecule has 0 atom stereocenters. The third kappa shape index (κ3) is 3.88. The number of nitrogens with zero attached hydrogens (tertiary/aromatic N) is 2. The van der Waals surface area contributed by atoms with Crippen molar-refractivity contribution in [3.63, 3.8) is 0 Å². The molecule has 0 unspecified atom stereocenters. The molecule has 124 valence electrons. The molecule has 6 nitrogen and oxygen atoms in total. The normalized spacial score (nSPS) is 11.0. The van der Waals surface area contributed by atoms with Gasteiger partial charge in [-0.2, -0.15) is 0 Å². The number of hydrogen-bond donors (Lipinski definition) is 0. The van der Waals surface area contributed by atoms with Crippen molar-refractivity contribution in [2.24, 2.45) is 5.92 Å². The molecule has 0 N–H and O–H groups in total. The number of rotatable bonds is 6. The monoisotopic (exact) mass is 318 g/mol. The van der Waals surface area contributed by atoms with Crippen molar-refractivity contribution in [1.82, 2.24) is 9.55 Å². The van der Waals surface area contributed by atoms with Gasteiger partial charge in [0.15, 0.2) is 0 Å². The summed E-state index contributed by atoms with van der Waals surface area (Å²) in [6, 6.07) is 3.49. The van der Waals surface area contributed by atoms with E-state index in [0.29, 0.717) is 29.4 Å². The number of carbonyl (C=O) groups is 1. The zero-order valence-electron chi connectivity index (χ0n) is 14.0. The van der Waals surface area contributed by atoms with Gasteiger partial charge in [0.1, 0.15) is 5.76 Å². The molecule has 23 heavy (non-hydrogen) atoms. The standard InChI is InChI=1S/C17H22N2O4/c1-5-22-17(21)15-18-12(4)14(9-11(2)3)16(20)19(15)10-13-7-6-8-23-13/h6-8,11H,5,9-10H2,1-4H3. The van der Waals surface area contributed by atoms with E-state index in [-0.39, 0.29) is 24.5 Å². The lowest BCUT2D eigenvalue weighted by molar-refractivity contribution is 0.0503. The molecular formula is C17H22N2O4. The highest BCUT2D eigenvalue weighted by atomic mass is 16.5. The summed E-state index contributed by atoms with van der Waals surface area (Å²) in [5, 5.41) is 0. The number of carbonyl (C=O) groups excluding carboxylic acids is 1. The molecular weight excluding hydrogens is 296 g/mol. The first-order chi connectivity index (χ1) is 10.9. The van der Waals surface area contributed by atoms with Crippen molar-refractivity contribution < 1.29 is 13.9 Å². The van der Waals surface area contributed by atoms with Crippen molar-refractivity contribution in [3.05, 3.63) is 51.6 Å². The molecule has 2 aromatic rings. The van der Waals surface area contributed by atoms with Crippen LogP contribution in [0.15, 0.2) is 27.6 Å². The number of esters is 1. The zero-order chi connectivity index (χ0) is 17.0. The fourth-order valence-electron chi connectivity index (χ4n) is 2.40. The highest BCUT2D eigenvalue weighted by Gasteiger charge is 2.21. The van der Waals surface area contributed by atoms with Crippen LogP contribution in [0, 0.1) is 12.8 Å². The van der Waals surface area contributed by atoms with Crippen LogP contribution in [0.25, 0.3) is 0 Å². The molecule has 6 heteroatoms. The lowest BCUT2D eigenvalue weighted by Gasteiger charge is -2.15. The molecule has 0 aliphatic carbocycles. The summed E-state index contributed by atoms with van der Waals surface area (Å²) in [6.07, 6.45) is 2.14. The van der Waals surface area contributed by atoms with Crippen LogP contribution in [0.5, 0.6) is 0 Å². The predicted octanol–water partition coefficient (Wildman–Crippen LogP) is 2.57. The number of furan rings is 1. The summed E-state index contributed by atoms with van der Waals surface area (Å²) in [7, 11) is 0. The van der Waals surface area contributed by atoms with E-state index < -0.39 is 5.97 Å². The second-order valence-corrected chi connectivity index (χ2v) is 5.79. The molecule has 0 bridgehead atoms. The van der Waals surface area contributed by atoms with Crippen molar-refractivity contribution in [1.29, 1.82) is 0 Å². The van der Waals surface area contributed by atoms with Gasteiger partial charge in [0.2, 0.25) is 5.82 Å². The van der Waals surface area contributed by atoms with E-state index in [1.54, 1.807) is 26.0 Å². The maximum atomic E-state index is 12.9. The Balaban J connectivity index is 2.56. The Hall–Kier alpha value is -2.37. The highest BCUT2D eigenvalue weighted by molar-refractivity contribution is 5.85. The second kappa shape index (κ2) is 7.26.